The molecule has 5 heteroatoms. The molecule has 0 bridgehead atoms. The van der Waals surface area contributed by atoms with Crippen LogP contribution in [0.25, 0.3) is 27.8 Å². The Morgan fingerprint density at radius 2 is 1.67 bits per heavy atom. The van der Waals surface area contributed by atoms with Crippen LogP contribution in [0, 0.1) is 45.9 Å². The van der Waals surface area contributed by atoms with E-state index in [1.54, 1.807) is 0 Å². The molecule has 5 nitrogen and oxygen atoms in total. The lowest BCUT2D eigenvalue weighted by Gasteiger charge is -2.12. The van der Waals surface area contributed by atoms with Gasteiger partial charge in [0.15, 0.2) is 5.65 Å². The molecule has 0 saturated heterocycles. The molecule has 0 unspecified atom stereocenters. The van der Waals surface area contributed by atoms with E-state index in [-0.39, 0.29) is 0 Å². The van der Waals surface area contributed by atoms with Gasteiger partial charge in [-0.25, -0.2) is 4.98 Å². The number of rotatable bonds is 5. The summed E-state index contributed by atoms with van der Waals surface area (Å²) in [6, 6.07) is 8.99. The summed E-state index contributed by atoms with van der Waals surface area (Å²) in [4.78, 5) is 5.02. The number of aryl methyl sites for hydroxylation is 7. The molecule has 0 fully saturated rings. The normalized spacial score (nSPS) is 11.5. The predicted molar refractivity (Wildman–Crippen MR) is 122 cm³/mol. The highest BCUT2D eigenvalue weighted by Crippen LogP contribution is 2.35. The van der Waals surface area contributed by atoms with E-state index in [1.165, 1.54) is 27.9 Å². The maximum Gasteiger partial charge on any atom is 0.165 e. The van der Waals surface area contributed by atoms with Crippen LogP contribution in [0.1, 0.15) is 53.5 Å². The molecule has 0 spiro atoms. The van der Waals surface area contributed by atoms with Gasteiger partial charge in [0.25, 0.3) is 0 Å². The van der Waals surface area contributed by atoms with Crippen molar-refractivity contribution in [1.29, 1.82) is 5.26 Å². The van der Waals surface area contributed by atoms with Crippen molar-refractivity contribution in [2.24, 2.45) is 0 Å². The molecule has 0 aliphatic heterocycles. The Hall–Kier alpha value is -3.13. The summed E-state index contributed by atoms with van der Waals surface area (Å²) in [5.74, 6) is 0. The van der Waals surface area contributed by atoms with Crippen molar-refractivity contribution in [3.8, 4) is 17.2 Å². The van der Waals surface area contributed by atoms with Gasteiger partial charge in [-0.3, -0.25) is 0 Å². The lowest BCUT2D eigenvalue weighted by molar-refractivity contribution is 0.674. The van der Waals surface area contributed by atoms with E-state index in [0.717, 1.165) is 46.5 Å². The van der Waals surface area contributed by atoms with Crippen molar-refractivity contribution in [3.63, 3.8) is 0 Å². The van der Waals surface area contributed by atoms with Crippen LogP contribution in [0.3, 0.4) is 0 Å². The summed E-state index contributed by atoms with van der Waals surface area (Å²) in [5.41, 5.74) is 11.3. The van der Waals surface area contributed by atoms with Gasteiger partial charge in [0.05, 0.1) is 29.4 Å². The van der Waals surface area contributed by atoms with E-state index in [4.69, 9.17) is 10.1 Å². The zero-order valence-corrected chi connectivity index (χ0v) is 18.8. The lowest BCUT2D eigenvalue weighted by atomic mass is 9.94. The van der Waals surface area contributed by atoms with Crippen LogP contribution in [-0.4, -0.2) is 19.2 Å². The first kappa shape index (κ1) is 20.2. The van der Waals surface area contributed by atoms with Crippen molar-refractivity contribution in [2.45, 2.75) is 67.3 Å². The molecule has 4 aromatic rings. The topological polar surface area (TPSA) is 58.9 Å². The fourth-order valence-corrected chi connectivity index (χ4v) is 4.81. The second kappa shape index (κ2) is 7.60. The lowest BCUT2D eigenvalue weighted by Crippen LogP contribution is -2.07. The summed E-state index contributed by atoms with van der Waals surface area (Å²) in [7, 11) is 0. The third-order valence-electron chi connectivity index (χ3n) is 5.93. The average Bonchev–Trinajstić information content (AvgIpc) is 3.18. The van der Waals surface area contributed by atoms with Crippen molar-refractivity contribution < 1.29 is 0 Å². The van der Waals surface area contributed by atoms with E-state index in [1.807, 2.05) is 4.52 Å². The second-order valence-electron chi connectivity index (χ2n) is 8.35. The highest BCUT2D eigenvalue weighted by atomic mass is 15.3. The van der Waals surface area contributed by atoms with Gasteiger partial charge in [-0.1, -0.05) is 31.0 Å². The summed E-state index contributed by atoms with van der Waals surface area (Å²) in [5, 5.41) is 15.3. The Morgan fingerprint density at radius 3 is 2.30 bits per heavy atom. The highest BCUT2D eigenvalue weighted by molar-refractivity contribution is 5.90. The zero-order chi connectivity index (χ0) is 21.6. The van der Waals surface area contributed by atoms with Gasteiger partial charge in [-0.2, -0.15) is 14.9 Å². The molecule has 3 heterocycles. The Bertz CT molecular complexity index is 1290. The quantitative estimate of drug-likeness (QED) is 0.429. The molecule has 1 aromatic carbocycles. The minimum Gasteiger partial charge on any atom is -0.328 e. The molecule has 3 aromatic heterocycles. The molecule has 0 saturated carbocycles. The smallest absolute Gasteiger partial charge is 0.165 e. The van der Waals surface area contributed by atoms with Crippen LogP contribution < -0.4 is 0 Å². The van der Waals surface area contributed by atoms with Gasteiger partial charge in [0.2, 0.25) is 0 Å². The molecule has 0 atom stereocenters. The molecule has 4 rings (SSSR count). The van der Waals surface area contributed by atoms with Crippen molar-refractivity contribution in [2.75, 3.05) is 0 Å². The molecule has 154 valence electrons. The van der Waals surface area contributed by atoms with Crippen LogP contribution >= 0.6 is 0 Å². The Labute approximate surface area is 178 Å². The van der Waals surface area contributed by atoms with Gasteiger partial charge in [0.1, 0.15) is 5.65 Å². The number of nitrogens with zero attached hydrogens (tertiary/aromatic N) is 5. The first-order valence-corrected chi connectivity index (χ1v) is 10.7. The molecule has 0 aliphatic carbocycles. The number of hydrogen-bond acceptors (Lipinski definition) is 3. The summed E-state index contributed by atoms with van der Waals surface area (Å²) in [6.45, 7) is 13.5. The minimum atomic E-state index is 0.479. The number of benzene rings is 1. The molecule has 0 N–H and O–H groups in total. The Morgan fingerprint density at radius 1 is 0.967 bits per heavy atom. The Balaban J connectivity index is 2.10. The van der Waals surface area contributed by atoms with Gasteiger partial charge >= 0.3 is 0 Å². The van der Waals surface area contributed by atoms with Crippen LogP contribution in [0.2, 0.25) is 0 Å². The summed E-state index contributed by atoms with van der Waals surface area (Å²) >= 11 is 0. The number of hydrogen-bond donors (Lipinski definition) is 0. The fraction of sp³-hybridized carbons (Fsp3) is 0.400. The SMILES string of the molecule is CCCc1cc2c(C)nc3c(-c4c(C)cc(C)cc4C)c(C)nn3c2n1CCC#N. The van der Waals surface area contributed by atoms with Gasteiger partial charge in [-0.15, -0.1) is 0 Å². The van der Waals surface area contributed by atoms with E-state index in [9.17, 15) is 5.26 Å². The van der Waals surface area contributed by atoms with E-state index >= 15 is 0 Å². The zero-order valence-electron chi connectivity index (χ0n) is 18.8. The molecule has 0 aliphatic rings. The molecular weight excluding hydrogens is 370 g/mol. The largest absolute Gasteiger partial charge is 0.328 e. The molecule has 30 heavy (non-hydrogen) atoms. The van der Waals surface area contributed by atoms with Crippen LogP contribution in [0.5, 0.6) is 0 Å². The van der Waals surface area contributed by atoms with Crippen LogP contribution in [-0.2, 0) is 13.0 Å². The summed E-state index contributed by atoms with van der Waals surface area (Å²) < 4.78 is 4.27. The molecule has 0 radical (unpaired) electrons. The van der Waals surface area contributed by atoms with Crippen LogP contribution in [0.15, 0.2) is 18.2 Å². The first-order chi connectivity index (χ1) is 14.4. The molecule has 0 amide bonds. The maximum absolute atomic E-state index is 9.21. The van der Waals surface area contributed by atoms with Gasteiger partial charge < -0.3 is 4.57 Å². The number of fused-ring (bicyclic) bond motifs is 3. The van der Waals surface area contributed by atoms with Crippen molar-refractivity contribution >= 4 is 16.7 Å². The van der Waals surface area contributed by atoms with Gasteiger partial charge in [0, 0.05) is 17.6 Å². The fourth-order valence-electron chi connectivity index (χ4n) is 4.81. The first-order valence-electron chi connectivity index (χ1n) is 10.7. The highest BCUT2D eigenvalue weighted by Gasteiger charge is 2.22. The van der Waals surface area contributed by atoms with E-state index in [0.29, 0.717) is 13.0 Å². The van der Waals surface area contributed by atoms with E-state index in [2.05, 4.69) is 70.4 Å². The predicted octanol–water partition coefficient (Wildman–Crippen LogP) is 5.76. The number of nitriles is 1. The van der Waals surface area contributed by atoms with Crippen LogP contribution in [0.4, 0.5) is 0 Å². The third kappa shape index (κ3) is 3.08. The number of aromatic nitrogens is 4. The van der Waals surface area contributed by atoms with Gasteiger partial charge in [-0.05, 0) is 63.8 Å². The second-order valence-corrected chi connectivity index (χ2v) is 8.35. The molecular formula is C25H29N5. The van der Waals surface area contributed by atoms with Crippen molar-refractivity contribution in [3.05, 3.63) is 52.0 Å². The van der Waals surface area contributed by atoms with E-state index < -0.39 is 0 Å². The standard InChI is InChI=1S/C25H29N5/c1-7-9-20-14-21-18(5)27-24-23(22-16(3)12-15(2)13-17(22)4)19(6)28-30(24)25(21)29(20)11-8-10-26/h12-14H,7-9,11H2,1-6H3. The monoisotopic (exact) mass is 399 g/mol. The van der Waals surface area contributed by atoms with Crippen molar-refractivity contribution in [1.82, 2.24) is 19.2 Å². The summed E-state index contributed by atoms with van der Waals surface area (Å²) in [6.07, 6.45) is 2.51. The average molecular weight is 400 g/mol. The third-order valence-corrected chi connectivity index (χ3v) is 5.93. The maximum atomic E-state index is 9.21. The minimum absolute atomic E-state index is 0.479. The Kier molecular flexibility index (Phi) is 5.11.